The van der Waals surface area contributed by atoms with E-state index in [9.17, 15) is 8.42 Å². The first-order chi connectivity index (χ1) is 13.0. The molecule has 3 atom stereocenters. The summed E-state index contributed by atoms with van der Waals surface area (Å²) in [4.78, 5) is 7.89. The third-order valence-corrected chi connectivity index (χ3v) is 6.80. The van der Waals surface area contributed by atoms with Gasteiger partial charge in [0, 0.05) is 0 Å². The molecule has 2 bridgehead atoms. The molecule has 144 valence electrons. The molecule has 0 amide bonds. The quantitative estimate of drug-likeness (QED) is 0.732. The lowest BCUT2D eigenvalue weighted by atomic mass is 9.98. The van der Waals surface area contributed by atoms with Crippen molar-refractivity contribution in [3.63, 3.8) is 0 Å². The van der Waals surface area contributed by atoms with Crippen molar-refractivity contribution < 1.29 is 18.0 Å². The van der Waals surface area contributed by atoms with Crippen molar-refractivity contribution in [1.82, 2.24) is 4.89 Å². The molecule has 2 aromatic carbocycles. The summed E-state index contributed by atoms with van der Waals surface area (Å²) in [5, 5.41) is 0. The van der Waals surface area contributed by atoms with E-state index in [1.807, 2.05) is 48.5 Å². The zero-order chi connectivity index (χ0) is 18.9. The SMILES string of the molecule is COc1ccc(-c2ccc(CS(=O)(=O)NOC3CC4CCC3C4)cc2)cc1. The lowest BCUT2D eigenvalue weighted by Gasteiger charge is -2.21. The summed E-state index contributed by atoms with van der Waals surface area (Å²) in [6, 6.07) is 15.3. The van der Waals surface area contributed by atoms with E-state index in [2.05, 4.69) is 4.89 Å². The van der Waals surface area contributed by atoms with Crippen LogP contribution in [0.15, 0.2) is 48.5 Å². The van der Waals surface area contributed by atoms with E-state index in [0.717, 1.165) is 41.2 Å². The first-order valence-corrected chi connectivity index (χ1v) is 11.1. The van der Waals surface area contributed by atoms with Gasteiger partial charge in [0.05, 0.1) is 19.0 Å². The molecule has 0 spiro atoms. The van der Waals surface area contributed by atoms with Gasteiger partial charge in [-0.05, 0) is 66.3 Å². The highest BCUT2D eigenvalue weighted by molar-refractivity contribution is 7.88. The maximum Gasteiger partial charge on any atom is 0.237 e. The average Bonchev–Trinajstić information content (AvgIpc) is 3.30. The van der Waals surface area contributed by atoms with E-state index in [1.165, 1.54) is 12.8 Å². The summed E-state index contributed by atoms with van der Waals surface area (Å²) >= 11 is 0. The first kappa shape index (κ1) is 18.5. The molecular weight excluding hydrogens is 362 g/mol. The lowest BCUT2D eigenvalue weighted by molar-refractivity contribution is -0.0149. The topological polar surface area (TPSA) is 64.6 Å². The van der Waals surface area contributed by atoms with Crippen molar-refractivity contribution in [2.75, 3.05) is 7.11 Å². The summed E-state index contributed by atoms with van der Waals surface area (Å²) in [5.41, 5.74) is 2.82. The Morgan fingerprint density at radius 2 is 1.63 bits per heavy atom. The van der Waals surface area contributed by atoms with Crippen LogP contribution in [0.1, 0.15) is 31.2 Å². The number of hydrogen-bond donors (Lipinski definition) is 1. The molecule has 2 aliphatic carbocycles. The minimum absolute atomic E-state index is 0.0379. The highest BCUT2D eigenvalue weighted by Gasteiger charge is 2.41. The highest BCUT2D eigenvalue weighted by atomic mass is 32.2. The predicted octanol–water partition coefficient (Wildman–Crippen LogP) is 3.90. The Labute approximate surface area is 160 Å². The molecule has 27 heavy (non-hydrogen) atoms. The minimum atomic E-state index is -3.51. The van der Waals surface area contributed by atoms with Crippen molar-refractivity contribution in [3.8, 4) is 16.9 Å². The summed E-state index contributed by atoms with van der Waals surface area (Å²) in [6.07, 6.45) is 4.61. The Bertz CT molecular complexity index is 877. The number of ether oxygens (including phenoxy) is 1. The van der Waals surface area contributed by atoms with E-state index in [1.54, 1.807) is 7.11 Å². The van der Waals surface area contributed by atoms with Gasteiger partial charge in [-0.15, -0.1) is 0 Å². The van der Waals surface area contributed by atoms with Gasteiger partial charge in [0.2, 0.25) is 10.0 Å². The second-order valence-electron chi connectivity index (χ2n) is 7.60. The van der Waals surface area contributed by atoms with E-state index < -0.39 is 10.0 Å². The molecule has 1 N–H and O–H groups in total. The van der Waals surface area contributed by atoms with Gasteiger partial charge in [-0.3, -0.25) is 4.84 Å². The molecule has 2 aromatic rings. The van der Waals surface area contributed by atoms with Gasteiger partial charge >= 0.3 is 0 Å². The Kier molecular flexibility index (Phi) is 5.21. The van der Waals surface area contributed by atoms with Crippen LogP contribution in [0.25, 0.3) is 11.1 Å². The third kappa shape index (κ3) is 4.34. The number of hydrogen-bond acceptors (Lipinski definition) is 4. The van der Waals surface area contributed by atoms with Gasteiger partial charge < -0.3 is 4.74 Å². The smallest absolute Gasteiger partial charge is 0.237 e. The fourth-order valence-electron chi connectivity index (χ4n) is 4.29. The molecule has 0 aliphatic heterocycles. The molecule has 2 saturated carbocycles. The lowest BCUT2D eigenvalue weighted by Crippen LogP contribution is -2.33. The van der Waals surface area contributed by atoms with Crippen LogP contribution in [-0.4, -0.2) is 21.6 Å². The van der Waals surface area contributed by atoms with Crippen LogP contribution in [0, 0.1) is 11.8 Å². The normalized spacial score (nSPS) is 24.3. The first-order valence-electron chi connectivity index (χ1n) is 9.41. The maximum absolute atomic E-state index is 12.3. The van der Waals surface area contributed by atoms with E-state index in [0.29, 0.717) is 5.92 Å². The van der Waals surface area contributed by atoms with Gasteiger partial charge in [0.15, 0.2) is 0 Å². The van der Waals surface area contributed by atoms with Crippen LogP contribution in [0.3, 0.4) is 0 Å². The van der Waals surface area contributed by atoms with Crippen LogP contribution >= 0.6 is 0 Å². The Hall–Kier alpha value is -1.89. The van der Waals surface area contributed by atoms with Gasteiger partial charge in [0.1, 0.15) is 5.75 Å². The molecule has 6 heteroatoms. The molecule has 0 saturated heterocycles. The van der Waals surface area contributed by atoms with Crippen molar-refractivity contribution in [1.29, 1.82) is 0 Å². The van der Waals surface area contributed by atoms with Gasteiger partial charge in [-0.1, -0.05) is 41.3 Å². The second kappa shape index (κ2) is 7.62. The molecule has 0 radical (unpaired) electrons. The molecule has 2 fully saturated rings. The monoisotopic (exact) mass is 387 g/mol. The standard InChI is InChI=1S/C21H25NO4S/c1-25-20-10-8-18(9-11-20)17-5-2-15(3-6-17)14-27(23,24)22-26-21-13-16-4-7-19(21)12-16/h2-3,5-6,8-11,16,19,21-22H,4,7,12-14H2,1H3. The maximum atomic E-state index is 12.3. The Balaban J connectivity index is 1.35. The number of sulfonamides is 1. The molecule has 2 aliphatic rings. The summed E-state index contributed by atoms with van der Waals surface area (Å²) in [5.74, 6) is 1.95. The van der Waals surface area contributed by atoms with Crippen LogP contribution in [0.4, 0.5) is 0 Å². The number of fused-ring (bicyclic) bond motifs is 2. The molecule has 0 heterocycles. The van der Waals surface area contributed by atoms with Crippen LogP contribution in [0.2, 0.25) is 0 Å². The molecule has 5 nitrogen and oxygen atoms in total. The summed E-state index contributed by atoms with van der Waals surface area (Å²) in [6.45, 7) is 0. The number of rotatable bonds is 7. The van der Waals surface area contributed by atoms with E-state index >= 15 is 0 Å². The van der Waals surface area contributed by atoms with Gasteiger partial charge in [-0.2, -0.15) is 0 Å². The van der Waals surface area contributed by atoms with Gasteiger partial charge in [0.25, 0.3) is 0 Å². The Morgan fingerprint density at radius 3 is 2.19 bits per heavy atom. The fourth-order valence-corrected chi connectivity index (χ4v) is 5.25. The Morgan fingerprint density at radius 1 is 0.963 bits per heavy atom. The molecule has 4 rings (SSSR count). The predicted molar refractivity (Wildman–Crippen MR) is 105 cm³/mol. The van der Waals surface area contributed by atoms with Crippen LogP contribution < -0.4 is 9.62 Å². The third-order valence-electron chi connectivity index (χ3n) is 5.73. The van der Waals surface area contributed by atoms with E-state index in [4.69, 9.17) is 9.57 Å². The van der Waals surface area contributed by atoms with Crippen molar-refractivity contribution >= 4 is 10.0 Å². The zero-order valence-electron chi connectivity index (χ0n) is 15.4. The molecule has 3 unspecified atom stereocenters. The fraction of sp³-hybridized carbons (Fsp3) is 0.429. The number of benzene rings is 2. The van der Waals surface area contributed by atoms with Crippen molar-refractivity contribution in [2.45, 2.75) is 37.5 Å². The summed E-state index contributed by atoms with van der Waals surface area (Å²) in [7, 11) is -1.88. The zero-order valence-corrected chi connectivity index (χ0v) is 16.2. The molecular formula is C21H25NO4S. The van der Waals surface area contributed by atoms with E-state index in [-0.39, 0.29) is 11.9 Å². The largest absolute Gasteiger partial charge is 0.497 e. The van der Waals surface area contributed by atoms with Crippen molar-refractivity contribution in [2.24, 2.45) is 11.8 Å². The average molecular weight is 388 g/mol. The van der Waals surface area contributed by atoms with Crippen molar-refractivity contribution in [3.05, 3.63) is 54.1 Å². The summed E-state index contributed by atoms with van der Waals surface area (Å²) < 4.78 is 29.8. The van der Waals surface area contributed by atoms with Crippen LogP contribution in [-0.2, 0) is 20.6 Å². The van der Waals surface area contributed by atoms with Crippen LogP contribution in [0.5, 0.6) is 5.75 Å². The highest BCUT2D eigenvalue weighted by Crippen LogP contribution is 2.45. The number of methoxy groups -OCH3 is 1. The number of nitrogens with one attached hydrogen (secondary N) is 1. The van der Waals surface area contributed by atoms with Gasteiger partial charge in [-0.25, -0.2) is 8.42 Å². The second-order valence-corrected chi connectivity index (χ2v) is 9.28. The minimum Gasteiger partial charge on any atom is -0.497 e. The molecule has 0 aromatic heterocycles.